The summed E-state index contributed by atoms with van der Waals surface area (Å²) in [6.07, 6.45) is -1.48. The molecule has 1 aliphatic rings. The molecular weight excluding hydrogens is 315 g/mol. The lowest BCUT2D eigenvalue weighted by molar-refractivity contribution is -0.275. The second-order valence-corrected chi connectivity index (χ2v) is 7.83. The van der Waals surface area contributed by atoms with Gasteiger partial charge in [0, 0.05) is 6.54 Å². The van der Waals surface area contributed by atoms with Gasteiger partial charge in [0.25, 0.3) is 0 Å². The molecule has 0 bridgehead atoms. The summed E-state index contributed by atoms with van der Waals surface area (Å²) in [6.45, 7) is 9.81. The Balaban J connectivity index is 2.37. The van der Waals surface area contributed by atoms with Gasteiger partial charge in [0.2, 0.25) is 0 Å². The average Bonchev–Trinajstić information content (AvgIpc) is 2.73. The Morgan fingerprint density at radius 2 is 1.88 bits per heavy atom. The van der Waals surface area contributed by atoms with Gasteiger partial charge in [-0.15, -0.1) is 13.2 Å². The Hall–Kier alpha value is -1.23. The van der Waals surface area contributed by atoms with Gasteiger partial charge in [-0.3, -0.25) is 0 Å². The van der Waals surface area contributed by atoms with Crippen molar-refractivity contribution in [3.8, 4) is 5.75 Å². The average molecular weight is 343 g/mol. The van der Waals surface area contributed by atoms with Gasteiger partial charge in [0.1, 0.15) is 5.75 Å². The van der Waals surface area contributed by atoms with Crippen molar-refractivity contribution in [2.75, 3.05) is 13.1 Å². The predicted octanol–water partition coefficient (Wildman–Crippen LogP) is 5.59. The number of hydrogen-bond donors (Lipinski definition) is 1. The molecule has 0 radical (unpaired) electrons. The number of halogens is 3. The maximum Gasteiger partial charge on any atom is 0.573 e. The first-order chi connectivity index (χ1) is 11.1. The van der Waals surface area contributed by atoms with Crippen molar-refractivity contribution in [1.29, 1.82) is 0 Å². The molecule has 1 saturated heterocycles. The van der Waals surface area contributed by atoms with Crippen LogP contribution in [0.4, 0.5) is 13.2 Å². The molecule has 1 fully saturated rings. The summed E-state index contributed by atoms with van der Waals surface area (Å²) in [5, 5.41) is 3.36. The van der Waals surface area contributed by atoms with E-state index in [-0.39, 0.29) is 23.0 Å². The third-order valence-electron chi connectivity index (χ3n) is 5.05. The van der Waals surface area contributed by atoms with E-state index in [0.717, 1.165) is 37.9 Å². The van der Waals surface area contributed by atoms with E-state index in [1.807, 2.05) is 39.8 Å². The van der Waals surface area contributed by atoms with Crippen LogP contribution in [0.5, 0.6) is 5.75 Å². The fraction of sp³-hybridized carbons (Fsp3) is 0.684. The van der Waals surface area contributed by atoms with Crippen molar-refractivity contribution in [1.82, 2.24) is 5.32 Å². The third-order valence-corrected chi connectivity index (χ3v) is 5.05. The summed E-state index contributed by atoms with van der Waals surface area (Å²) in [7, 11) is 0. The van der Waals surface area contributed by atoms with Crippen molar-refractivity contribution in [3.05, 3.63) is 29.3 Å². The van der Waals surface area contributed by atoms with Crippen LogP contribution in [-0.4, -0.2) is 19.5 Å². The van der Waals surface area contributed by atoms with E-state index in [1.54, 1.807) is 6.07 Å². The van der Waals surface area contributed by atoms with Gasteiger partial charge in [-0.05, 0) is 53.8 Å². The van der Waals surface area contributed by atoms with Gasteiger partial charge >= 0.3 is 6.36 Å². The molecule has 2 rings (SSSR count). The molecular formula is C19H28F3NO. The molecule has 0 amide bonds. The molecule has 1 aliphatic heterocycles. The molecule has 1 aromatic carbocycles. The zero-order chi connectivity index (χ0) is 18.0. The van der Waals surface area contributed by atoms with E-state index in [0.29, 0.717) is 5.56 Å². The highest BCUT2D eigenvalue weighted by atomic mass is 19.4. The van der Waals surface area contributed by atoms with Gasteiger partial charge in [-0.2, -0.15) is 0 Å². The van der Waals surface area contributed by atoms with Crippen molar-refractivity contribution in [2.24, 2.45) is 5.41 Å². The minimum atomic E-state index is -4.67. The monoisotopic (exact) mass is 343 g/mol. The van der Waals surface area contributed by atoms with E-state index >= 15 is 0 Å². The summed E-state index contributed by atoms with van der Waals surface area (Å²) < 4.78 is 43.0. The van der Waals surface area contributed by atoms with Crippen LogP contribution in [0.25, 0.3) is 0 Å². The Morgan fingerprint density at radius 1 is 1.17 bits per heavy atom. The number of alkyl halides is 3. The largest absolute Gasteiger partial charge is 0.573 e. The molecule has 0 saturated carbocycles. The summed E-state index contributed by atoms with van der Waals surface area (Å²) in [5.41, 5.74) is 1.40. The van der Waals surface area contributed by atoms with Gasteiger partial charge in [-0.1, -0.05) is 46.2 Å². The zero-order valence-electron chi connectivity index (χ0n) is 15.0. The molecule has 0 spiro atoms. The number of ether oxygens (including phenoxy) is 1. The molecule has 136 valence electrons. The minimum Gasteiger partial charge on any atom is -0.405 e. The van der Waals surface area contributed by atoms with E-state index in [4.69, 9.17) is 0 Å². The Kier molecular flexibility index (Phi) is 5.84. The van der Waals surface area contributed by atoms with E-state index in [9.17, 15) is 13.2 Å². The highest BCUT2D eigenvalue weighted by molar-refractivity contribution is 5.42. The fourth-order valence-corrected chi connectivity index (χ4v) is 3.15. The Morgan fingerprint density at radius 3 is 2.50 bits per heavy atom. The van der Waals surface area contributed by atoms with Crippen LogP contribution < -0.4 is 10.1 Å². The van der Waals surface area contributed by atoms with E-state index in [2.05, 4.69) is 10.1 Å². The molecule has 1 N–H and O–H groups in total. The lowest BCUT2D eigenvalue weighted by Gasteiger charge is -2.30. The van der Waals surface area contributed by atoms with Gasteiger partial charge in [0.05, 0.1) is 0 Å². The second-order valence-electron chi connectivity index (χ2n) is 7.83. The Labute approximate surface area is 142 Å². The lowest BCUT2D eigenvalue weighted by atomic mass is 9.77. The van der Waals surface area contributed by atoms with Gasteiger partial charge in [-0.25, -0.2) is 0 Å². The highest BCUT2D eigenvalue weighted by Crippen LogP contribution is 2.42. The number of benzene rings is 1. The third kappa shape index (κ3) is 5.13. The van der Waals surface area contributed by atoms with Gasteiger partial charge in [0.15, 0.2) is 0 Å². The molecule has 2 unspecified atom stereocenters. The molecule has 2 atom stereocenters. The zero-order valence-corrected chi connectivity index (χ0v) is 15.0. The van der Waals surface area contributed by atoms with Crippen molar-refractivity contribution in [2.45, 2.75) is 65.2 Å². The van der Waals surface area contributed by atoms with Crippen LogP contribution in [-0.2, 0) is 0 Å². The quantitative estimate of drug-likeness (QED) is 0.772. The van der Waals surface area contributed by atoms with Crippen molar-refractivity contribution in [3.63, 3.8) is 0 Å². The predicted molar refractivity (Wildman–Crippen MR) is 90.5 cm³/mol. The first-order valence-corrected chi connectivity index (χ1v) is 8.68. The molecule has 0 aliphatic carbocycles. The normalized spacial score (nSPS) is 21.2. The van der Waals surface area contributed by atoms with Crippen LogP contribution in [0.1, 0.15) is 69.9 Å². The minimum absolute atomic E-state index is 0.0452. The highest BCUT2D eigenvalue weighted by Gasteiger charge is 2.34. The summed E-state index contributed by atoms with van der Waals surface area (Å²) in [6, 6.07) is 5.39. The fourth-order valence-electron chi connectivity index (χ4n) is 3.15. The first kappa shape index (κ1) is 19.1. The number of hydrogen-bond acceptors (Lipinski definition) is 2. The maximum absolute atomic E-state index is 12.9. The standard InChI is InChI=1S/C19H28F3NO/c1-13(18(2,3)4)16-9-8-14(11-17(16)24-19(20,21)22)15-7-5-6-10-23-12-15/h8-9,11,13,15,23H,5-7,10,12H2,1-4H3. The molecule has 1 aromatic rings. The molecule has 5 heteroatoms. The summed E-state index contributed by atoms with van der Waals surface area (Å²) >= 11 is 0. The topological polar surface area (TPSA) is 21.3 Å². The SMILES string of the molecule is CC(c1ccc(C2CCCCNC2)cc1OC(F)(F)F)C(C)(C)C. The molecule has 0 aromatic heterocycles. The van der Waals surface area contributed by atoms with Crippen LogP contribution in [0, 0.1) is 5.41 Å². The van der Waals surface area contributed by atoms with Crippen LogP contribution >= 0.6 is 0 Å². The van der Waals surface area contributed by atoms with Crippen LogP contribution in [0.3, 0.4) is 0 Å². The van der Waals surface area contributed by atoms with Gasteiger partial charge < -0.3 is 10.1 Å². The number of nitrogens with one attached hydrogen (secondary N) is 1. The van der Waals surface area contributed by atoms with Crippen LogP contribution in [0.15, 0.2) is 18.2 Å². The second kappa shape index (κ2) is 7.34. The van der Waals surface area contributed by atoms with E-state index < -0.39 is 6.36 Å². The molecule has 1 heterocycles. The van der Waals surface area contributed by atoms with Crippen molar-refractivity contribution >= 4 is 0 Å². The lowest BCUT2D eigenvalue weighted by Crippen LogP contribution is -2.22. The summed E-state index contributed by atoms with van der Waals surface area (Å²) in [4.78, 5) is 0. The van der Waals surface area contributed by atoms with Crippen LogP contribution in [0.2, 0.25) is 0 Å². The summed E-state index contributed by atoms with van der Waals surface area (Å²) in [5.74, 6) is 0.143. The van der Waals surface area contributed by atoms with E-state index in [1.165, 1.54) is 0 Å². The Bertz CT molecular complexity index is 541. The molecule has 2 nitrogen and oxygen atoms in total. The number of rotatable bonds is 3. The maximum atomic E-state index is 12.9. The van der Waals surface area contributed by atoms with Crippen molar-refractivity contribution < 1.29 is 17.9 Å². The first-order valence-electron chi connectivity index (χ1n) is 8.68. The molecule has 24 heavy (non-hydrogen) atoms. The smallest absolute Gasteiger partial charge is 0.405 e.